The molecule has 0 unspecified atom stereocenters. The van der Waals surface area contributed by atoms with E-state index in [1.165, 1.54) is 18.2 Å². The van der Waals surface area contributed by atoms with Crippen molar-refractivity contribution in [3.63, 3.8) is 0 Å². The van der Waals surface area contributed by atoms with Crippen LogP contribution in [-0.2, 0) is 6.42 Å². The molecule has 0 aliphatic rings. The van der Waals surface area contributed by atoms with E-state index in [9.17, 15) is 8.78 Å². The molecule has 0 atom stereocenters. The number of benzene rings is 1. The summed E-state index contributed by atoms with van der Waals surface area (Å²) in [4.78, 5) is 0. The molecule has 0 aromatic heterocycles. The standard InChI is InChI=1S/C10H12F2O2/c11-9-3-1-2-8(4-9)5-10(12,6-13)7-14/h1-4,13-14H,5-7H2. The first-order chi connectivity index (χ1) is 6.59. The van der Waals surface area contributed by atoms with Crippen molar-refractivity contribution in [2.75, 3.05) is 13.2 Å². The van der Waals surface area contributed by atoms with Gasteiger partial charge in [0.2, 0.25) is 0 Å². The highest BCUT2D eigenvalue weighted by molar-refractivity contribution is 5.18. The van der Waals surface area contributed by atoms with E-state index in [1.807, 2.05) is 0 Å². The van der Waals surface area contributed by atoms with Crippen molar-refractivity contribution in [3.8, 4) is 0 Å². The van der Waals surface area contributed by atoms with E-state index < -0.39 is 24.7 Å². The minimum absolute atomic E-state index is 0.197. The Balaban J connectivity index is 2.77. The third-order valence-electron chi connectivity index (χ3n) is 1.98. The second kappa shape index (κ2) is 4.48. The molecule has 0 aliphatic heterocycles. The smallest absolute Gasteiger partial charge is 0.160 e. The summed E-state index contributed by atoms with van der Waals surface area (Å²) in [5, 5.41) is 17.4. The molecule has 2 nitrogen and oxygen atoms in total. The highest BCUT2D eigenvalue weighted by Gasteiger charge is 2.28. The van der Waals surface area contributed by atoms with Crippen molar-refractivity contribution in [2.24, 2.45) is 0 Å². The van der Waals surface area contributed by atoms with Gasteiger partial charge in [0.15, 0.2) is 5.67 Å². The van der Waals surface area contributed by atoms with Crippen molar-refractivity contribution in [2.45, 2.75) is 12.1 Å². The van der Waals surface area contributed by atoms with Crippen LogP contribution in [0.4, 0.5) is 8.78 Å². The molecule has 0 bridgehead atoms. The van der Waals surface area contributed by atoms with E-state index in [-0.39, 0.29) is 6.42 Å². The fraction of sp³-hybridized carbons (Fsp3) is 0.400. The summed E-state index contributed by atoms with van der Waals surface area (Å²) in [6.45, 7) is -1.56. The zero-order chi connectivity index (χ0) is 10.6. The van der Waals surface area contributed by atoms with Gasteiger partial charge in [-0.2, -0.15) is 0 Å². The number of halogens is 2. The molecule has 0 aliphatic carbocycles. The lowest BCUT2D eigenvalue weighted by molar-refractivity contribution is 0.0165. The van der Waals surface area contributed by atoms with E-state index >= 15 is 0 Å². The molecule has 78 valence electrons. The number of alkyl halides is 1. The van der Waals surface area contributed by atoms with Crippen LogP contribution < -0.4 is 0 Å². The van der Waals surface area contributed by atoms with Crippen LogP contribution in [0.2, 0.25) is 0 Å². The van der Waals surface area contributed by atoms with Crippen LogP contribution >= 0.6 is 0 Å². The lowest BCUT2D eigenvalue weighted by atomic mass is 9.98. The fourth-order valence-corrected chi connectivity index (χ4v) is 1.17. The maximum atomic E-state index is 13.4. The largest absolute Gasteiger partial charge is 0.393 e. The molecule has 1 rings (SSSR count). The van der Waals surface area contributed by atoms with Crippen LogP contribution in [0.15, 0.2) is 24.3 Å². The Hall–Kier alpha value is -1.00. The Morgan fingerprint density at radius 3 is 2.36 bits per heavy atom. The topological polar surface area (TPSA) is 40.5 Å². The summed E-state index contributed by atoms with van der Waals surface area (Å²) < 4.78 is 26.1. The van der Waals surface area contributed by atoms with Crippen LogP contribution in [0.1, 0.15) is 5.56 Å². The highest BCUT2D eigenvalue weighted by Crippen LogP contribution is 2.17. The van der Waals surface area contributed by atoms with Crippen LogP contribution in [-0.4, -0.2) is 29.1 Å². The van der Waals surface area contributed by atoms with Gasteiger partial charge >= 0.3 is 0 Å². The quantitative estimate of drug-likeness (QED) is 0.766. The van der Waals surface area contributed by atoms with Gasteiger partial charge in [0.25, 0.3) is 0 Å². The first kappa shape index (κ1) is 11.1. The predicted octanol–water partition coefficient (Wildman–Crippen LogP) is 1.06. The van der Waals surface area contributed by atoms with E-state index in [4.69, 9.17) is 10.2 Å². The molecule has 14 heavy (non-hydrogen) atoms. The third-order valence-corrected chi connectivity index (χ3v) is 1.98. The molecule has 0 radical (unpaired) electrons. The first-order valence-corrected chi connectivity index (χ1v) is 4.25. The molecule has 0 amide bonds. The van der Waals surface area contributed by atoms with E-state index in [2.05, 4.69) is 0 Å². The number of hydrogen-bond acceptors (Lipinski definition) is 2. The number of hydrogen-bond donors (Lipinski definition) is 2. The molecular formula is C10H12F2O2. The Morgan fingerprint density at radius 2 is 1.86 bits per heavy atom. The second-order valence-electron chi connectivity index (χ2n) is 3.27. The van der Waals surface area contributed by atoms with E-state index in [1.54, 1.807) is 6.07 Å². The van der Waals surface area contributed by atoms with Crippen LogP contribution in [0.3, 0.4) is 0 Å². The minimum Gasteiger partial charge on any atom is -0.393 e. The summed E-state index contributed by atoms with van der Waals surface area (Å²) >= 11 is 0. The van der Waals surface area contributed by atoms with Gasteiger partial charge in [-0.05, 0) is 17.7 Å². The molecule has 1 aromatic rings. The first-order valence-electron chi connectivity index (χ1n) is 4.25. The maximum Gasteiger partial charge on any atom is 0.160 e. The van der Waals surface area contributed by atoms with Crippen molar-refractivity contribution < 1.29 is 19.0 Å². The van der Waals surface area contributed by atoms with Crippen LogP contribution in [0.25, 0.3) is 0 Å². The minimum atomic E-state index is -2.08. The SMILES string of the molecule is OCC(F)(CO)Cc1cccc(F)c1. The molecule has 1 aromatic carbocycles. The molecule has 0 saturated carbocycles. The zero-order valence-electron chi connectivity index (χ0n) is 7.58. The Labute approximate surface area is 80.8 Å². The van der Waals surface area contributed by atoms with Crippen molar-refractivity contribution >= 4 is 0 Å². The van der Waals surface area contributed by atoms with Crippen molar-refractivity contribution in [1.82, 2.24) is 0 Å². The van der Waals surface area contributed by atoms with Gasteiger partial charge in [-0.25, -0.2) is 8.78 Å². The molecule has 0 fully saturated rings. The van der Waals surface area contributed by atoms with Gasteiger partial charge in [-0.3, -0.25) is 0 Å². The molecule has 0 saturated heterocycles. The van der Waals surface area contributed by atoms with Crippen molar-refractivity contribution in [3.05, 3.63) is 35.6 Å². The van der Waals surface area contributed by atoms with E-state index in [0.717, 1.165) is 0 Å². The van der Waals surface area contributed by atoms with Gasteiger partial charge in [0.1, 0.15) is 5.82 Å². The number of aliphatic hydroxyl groups excluding tert-OH is 2. The molecule has 4 heteroatoms. The molecular weight excluding hydrogens is 190 g/mol. The fourth-order valence-electron chi connectivity index (χ4n) is 1.17. The average molecular weight is 202 g/mol. The second-order valence-corrected chi connectivity index (χ2v) is 3.27. The van der Waals surface area contributed by atoms with Gasteiger partial charge in [-0.15, -0.1) is 0 Å². The van der Waals surface area contributed by atoms with Gasteiger partial charge in [-0.1, -0.05) is 12.1 Å². The predicted molar refractivity (Wildman–Crippen MR) is 48.1 cm³/mol. The van der Waals surface area contributed by atoms with E-state index in [0.29, 0.717) is 5.56 Å². The van der Waals surface area contributed by atoms with Crippen LogP contribution in [0, 0.1) is 5.82 Å². The zero-order valence-corrected chi connectivity index (χ0v) is 7.58. The summed E-state index contributed by atoms with van der Waals surface area (Å²) in [5.74, 6) is -0.458. The molecule has 2 N–H and O–H groups in total. The lowest BCUT2D eigenvalue weighted by Gasteiger charge is -2.19. The summed E-state index contributed by atoms with van der Waals surface area (Å²) in [7, 11) is 0. The van der Waals surface area contributed by atoms with Crippen molar-refractivity contribution in [1.29, 1.82) is 0 Å². The van der Waals surface area contributed by atoms with Gasteiger partial charge in [0, 0.05) is 6.42 Å². The normalized spacial score (nSPS) is 11.7. The Morgan fingerprint density at radius 1 is 1.21 bits per heavy atom. The summed E-state index contributed by atoms with van der Waals surface area (Å²) in [6.07, 6.45) is -0.197. The highest BCUT2D eigenvalue weighted by atomic mass is 19.1. The summed E-state index contributed by atoms with van der Waals surface area (Å²) in [6, 6.07) is 5.43. The monoisotopic (exact) mass is 202 g/mol. The van der Waals surface area contributed by atoms with Gasteiger partial charge in [0.05, 0.1) is 13.2 Å². The molecule has 0 heterocycles. The number of rotatable bonds is 4. The number of aliphatic hydroxyl groups is 2. The Kier molecular flexibility index (Phi) is 3.55. The Bertz CT molecular complexity index is 298. The third kappa shape index (κ3) is 2.75. The molecule has 0 spiro atoms. The van der Waals surface area contributed by atoms with Crippen LogP contribution in [0.5, 0.6) is 0 Å². The van der Waals surface area contributed by atoms with Gasteiger partial charge < -0.3 is 10.2 Å². The lowest BCUT2D eigenvalue weighted by Crippen LogP contribution is -2.34. The average Bonchev–Trinajstić information content (AvgIpc) is 2.18. The maximum absolute atomic E-state index is 13.4. The summed E-state index contributed by atoms with van der Waals surface area (Å²) in [5.41, 5.74) is -1.66.